The van der Waals surface area contributed by atoms with Gasteiger partial charge in [-0.1, -0.05) is 17.8 Å². The maximum absolute atomic E-state index is 12.8. The SMILES string of the molecule is C=NN/C(=C\C)c1cc2c(C)nc(SC)nc2n(CC)c1=O. The number of pyridine rings is 1. The van der Waals surface area contributed by atoms with Gasteiger partial charge in [0.25, 0.3) is 5.56 Å². The Kier molecular flexibility index (Phi) is 4.97. The van der Waals surface area contributed by atoms with E-state index >= 15 is 0 Å². The van der Waals surface area contributed by atoms with Crippen molar-refractivity contribution in [3.63, 3.8) is 0 Å². The monoisotopic (exact) mass is 317 g/mol. The van der Waals surface area contributed by atoms with Crippen molar-refractivity contribution in [2.24, 2.45) is 5.10 Å². The van der Waals surface area contributed by atoms with Gasteiger partial charge in [0.15, 0.2) is 5.16 Å². The van der Waals surface area contributed by atoms with Crippen LogP contribution in [-0.4, -0.2) is 27.5 Å². The summed E-state index contributed by atoms with van der Waals surface area (Å²) < 4.78 is 1.66. The van der Waals surface area contributed by atoms with E-state index in [0.29, 0.717) is 28.6 Å². The van der Waals surface area contributed by atoms with Crippen LogP contribution in [0.5, 0.6) is 0 Å². The molecule has 0 fully saturated rings. The van der Waals surface area contributed by atoms with Crippen molar-refractivity contribution in [3.8, 4) is 0 Å². The van der Waals surface area contributed by atoms with Crippen LogP contribution in [0, 0.1) is 6.92 Å². The van der Waals surface area contributed by atoms with E-state index in [1.165, 1.54) is 11.8 Å². The van der Waals surface area contributed by atoms with Crippen molar-refractivity contribution in [3.05, 3.63) is 33.8 Å². The van der Waals surface area contributed by atoms with E-state index in [9.17, 15) is 4.79 Å². The second-order valence-electron chi connectivity index (χ2n) is 4.61. The first-order chi connectivity index (χ1) is 10.6. The van der Waals surface area contributed by atoms with Crippen LogP contribution in [0.15, 0.2) is 27.2 Å². The lowest BCUT2D eigenvalue weighted by Crippen LogP contribution is -2.26. The summed E-state index contributed by atoms with van der Waals surface area (Å²) in [4.78, 5) is 21.7. The molecule has 2 aromatic heterocycles. The highest BCUT2D eigenvalue weighted by atomic mass is 32.2. The summed E-state index contributed by atoms with van der Waals surface area (Å²) in [7, 11) is 0. The number of allylic oxidation sites excluding steroid dienone is 1. The number of hydrogen-bond acceptors (Lipinski definition) is 6. The average molecular weight is 317 g/mol. The van der Waals surface area contributed by atoms with Crippen molar-refractivity contribution in [2.75, 3.05) is 6.26 Å². The van der Waals surface area contributed by atoms with Crippen molar-refractivity contribution in [1.29, 1.82) is 0 Å². The molecule has 0 aliphatic rings. The minimum absolute atomic E-state index is 0.107. The average Bonchev–Trinajstić information content (AvgIpc) is 2.52. The predicted octanol–water partition coefficient (Wildman–Crippen LogP) is 2.41. The third-order valence-corrected chi connectivity index (χ3v) is 3.94. The second-order valence-corrected chi connectivity index (χ2v) is 5.39. The molecule has 22 heavy (non-hydrogen) atoms. The Labute approximate surface area is 133 Å². The molecule has 0 saturated carbocycles. The van der Waals surface area contributed by atoms with Gasteiger partial charge in [-0.3, -0.25) is 14.8 Å². The number of nitrogens with one attached hydrogen (secondary N) is 1. The molecule has 0 bridgehead atoms. The van der Waals surface area contributed by atoms with Gasteiger partial charge < -0.3 is 0 Å². The number of aryl methyl sites for hydroxylation is 2. The highest BCUT2D eigenvalue weighted by Crippen LogP contribution is 2.21. The van der Waals surface area contributed by atoms with Crippen LogP contribution < -0.4 is 11.0 Å². The summed E-state index contributed by atoms with van der Waals surface area (Å²) >= 11 is 1.46. The number of hydrogen-bond donors (Lipinski definition) is 1. The third-order valence-electron chi connectivity index (χ3n) is 3.39. The van der Waals surface area contributed by atoms with E-state index in [2.05, 4.69) is 27.2 Å². The number of nitrogens with zero attached hydrogens (tertiary/aromatic N) is 4. The molecule has 0 aromatic carbocycles. The molecule has 116 valence electrons. The molecule has 0 radical (unpaired) electrons. The van der Waals surface area contributed by atoms with Crippen LogP contribution in [0.2, 0.25) is 0 Å². The summed E-state index contributed by atoms with van der Waals surface area (Å²) in [6.07, 6.45) is 3.71. The van der Waals surface area contributed by atoms with Gasteiger partial charge in [-0.05, 0) is 33.1 Å². The Balaban J connectivity index is 2.88. The summed E-state index contributed by atoms with van der Waals surface area (Å²) in [6, 6.07) is 1.82. The molecule has 2 rings (SSSR count). The fourth-order valence-electron chi connectivity index (χ4n) is 2.31. The van der Waals surface area contributed by atoms with Crippen LogP contribution in [0.4, 0.5) is 0 Å². The summed E-state index contributed by atoms with van der Waals surface area (Å²) in [5.74, 6) is 0. The minimum atomic E-state index is -0.107. The Hall–Kier alpha value is -2.15. The molecule has 6 nitrogen and oxygen atoms in total. The normalized spacial score (nSPS) is 11.7. The molecular formula is C15H19N5OS. The molecule has 2 heterocycles. The maximum atomic E-state index is 12.8. The number of aromatic nitrogens is 3. The van der Waals surface area contributed by atoms with E-state index in [-0.39, 0.29) is 5.56 Å². The standard InChI is InChI=1S/C15H19N5OS/c1-6-12(19-16-4)11-8-10-9(3)17-15(22-5)18-13(10)20(7-2)14(11)21/h6,8,19H,4,7H2,1-3,5H3/b12-6-. The molecule has 0 spiro atoms. The molecule has 0 aliphatic carbocycles. The molecule has 2 aromatic rings. The Morgan fingerprint density at radius 3 is 2.82 bits per heavy atom. The topological polar surface area (TPSA) is 72.2 Å². The Bertz CT molecular complexity index is 810. The van der Waals surface area contributed by atoms with Crippen molar-refractivity contribution in [1.82, 2.24) is 20.0 Å². The largest absolute Gasteiger partial charge is 0.292 e. The molecule has 0 saturated heterocycles. The zero-order valence-corrected chi connectivity index (χ0v) is 14.0. The molecule has 0 amide bonds. The van der Waals surface area contributed by atoms with Gasteiger partial charge >= 0.3 is 0 Å². The first-order valence-corrected chi connectivity index (χ1v) is 8.14. The lowest BCUT2D eigenvalue weighted by atomic mass is 10.1. The summed E-state index contributed by atoms with van der Waals surface area (Å²) in [6.45, 7) is 9.63. The van der Waals surface area contributed by atoms with Gasteiger partial charge in [0.1, 0.15) is 5.65 Å². The van der Waals surface area contributed by atoms with E-state index in [1.807, 2.05) is 33.1 Å². The first kappa shape index (κ1) is 16.2. The molecule has 0 atom stereocenters. The highest BCUT2D eigenvalue weighted by molar-refractivity contribution is 7.98. The number of fused-ring (bicyclic) bond motifs is 1. The second kappa shape index (κ2) is 6.74. The van der Waals surface area contributed by atoms with E-state index in [1.54, 1.807) is 10.6 Å². The van der Waals surface area contributed by atoms with Crippen LogP contribution in [-0.2, 0) is 6.54 Å². The summed E-state index contributed by atoms with van der Waals surface area (Å²) in [5, 5.41) is 5.18. The van der Waals surface area contributed by atoms with Crippen LogP contribution in [0.3, 0.4) is 0 Å². The van der Waals surface area contributed by atoms with Crippen LogP contribution in [0.25, 0.3) is 16.7 Å². The zero-order chi connectivity index (χ0) is 16.3. The Morgan fingerprint density at radius 1 is 1.55 bits per heavy atom. The van der Waals surface area contributed by atoms with E-state index < -0.39 is 0 Å². The first-order valence-electron chi connectivity index (χ1n) is 6.91. The fourth-order valence-corrected chi connectivity index (χ4v) is 2.71. The molecule has 1 N–H and O–H groups in total. The number of rotatable bonds is 5. The lowest BCUT2D eigenvalue weighted by Gasteiger charge is -2.14. The zero-order valence-electron chi connectivity index (χ0n) is 13.2. The highest BCUT2D eigenvalue weighted by Gasteiger charge is 2.15. The molecule has 0 unspecified atom stereocenters. The predicted molar refractivity (Wildman–Crippen MR) is 92.3 cm³/mol. The fraction of sp³-hybridized carbons (Fsp3) is 0.333. The lowest BCUT2D eigenvalue weighted by molar-refractivity contribution is 0.735. The van der Waals surface area contributed by atoms with Crippen LogP contribution >= 0.6 is 11.8 Å². The van der Waals surface area contributed by atoms with Crippen molar-refractivity contribution >= 4 is 35.2 Å². The molecular weight excluding hydrogens is 298 g/mol. The van der Waals surface area contributed by atoms with Crippen molar-refractivity contribution < 1.29 is 0 Å². The third kappa shape index (κ3) is 2.76. The van der Waals surface area contributed by atoms with Crippen LogP contribution in [0.1, 0.15) is 25.1 Å². The molecule has 7 heteroatoms. The minimum Gasteiger partial charge on any atom is -0.292 e. The van der Waals surface area contributed by atoms with Gasteiger partial charge in [-0.15, -0.1) is 0 Å². The van der Waals surface area contributed by atoms with Gasteiger partial charge in [0.2, 0.25) is 0 Å². The maximum Gasteiger partial charge on any atom is 0.261 e. The van der Waals surface area contributed by atoms with E-state index in [4.69, 9.17) is 0 Å². The van der Waals surface area contributed by atoms with Gasteiger partial charge in [0, 0.05) is 18.6 Å². The smallest absolute Gasteiger partial charge is 0.261 e. The number of thioether (sulfide) groups is 1. The quantitative estimate of drug-likeness (QED) is 0.397. The van der Waals surface area contributed by atoms with E-state index in [0.717, 1.165) is 11.1 Å². The van der Waals surface area contributed by atoms with Gasteiger partial charge in [-0.25, -0.2) is 9.97 Å². The molecule has 0 aliphatic heterocycles. The Morgan fingerprint density at radius 2 is 2.27 bits per heavy atom. The number of hydrazone groups is 1. The van der Waals surface area contributed by atoms with Gasteiger partial charge in [0.05, 0.1) is 17.0 Å². The van der Waals surface area contributed by atoms with Gasteiger partial charge in [-0.2, -0.15) is 5.10 Å². The summed E-state index contributed by atoms with van der Waals surface area (Å²) in [5.41, 5.74) is 5.32. The van der Waals surface area contributed by atoms with Crippen molar-refractivity contribution in [2.45, 2.75) is 32.5 Å².